The van der Waals surface area contributed by atoms with Crippen LogP contribution in [-0.4, -0.2) is 18.2 Å². The summed E-state index contributed by atoms with van der Waals surface area (Å²) in [5, 5.41) is 9.27. The quantitative estimate of drug-likeness (QED) is 0.841. The normalized spacial score (nSPS) is 12.2. The molecule has 0 aliphatic rings. The van der Waals surface area contributed by atoms with Crippen LogP contribution in [-0.2, 0) is 4.79 Å². The summed E-state index contributed by atoms with van der Waals surface area (Å²) in [5.41, 5.74) is 0.679. The van der Waals surface area contributed by atoms with Crippen LogP contribution in [0.4, 0.5) is 0 Å². The van der Waals surface area contributed by atoms with Crippen LogP contribution in [0.15, 0.2) is 18.2 Å². The van der Waals surface area contributed by atoms with E-state index >= 15 is 0 Å². The van der Waals surface area contributed by atoms with Crippen LogP contribution in [0, 0.1) is 0 Å². The van der Waals surface area contributed by atoms with Crippen molar-refractivity contribution in [2.45, 2.75) is 12.8 Å². The van der Waals surface area contributed by atoms with E-state index in [2.05, 4.69) is 0 Å². The second kappa shape index (κ2) is 4.33. The Morgan fingerprint density at radius 2 is 2.21 bits per heavy atom. The molecule has 0 saturated heterocycles. The number of halogens is 1. The van der Waals surface area contributed by atoms with E-state index in [0.717, 1.165) is 0 Å². The number of ether oxygens (including phenoxy) is 1. The molecule has 0 spiro atoms. The highest BCUT2D eigenvalue weighted by Gasteiger charge is 2.14. The average molecular weight is 215 g/mol. The lowest BCUT2D eigenvalue weighted by Gasteiger charge is -2.09. The van der Waals surface area contributed by atoms with E-state index in [1.165, 1.54) is 7.11 Å². The second-order valence-electron chi connectivity index (χ2n) is 2.95. The molecule has 14 heavy (non-hydrogen) atoms. The van der Waals surface area contributed by atoms with Gasteiger partial charge in [0.15, 0.2) is 0 Å². The minimum atomic E-state index is -0.866. The number of methoxy groups -OCH3 is 1. The molecule has 0 amide bonds. The van der Waals surface area contributed by atoms with Crippen LogP contribution in [0.3, 0.4) is 0 Å². The molecule has 0 heterocycles. The van der Waals surface area contributed by atoms with Gasteiger partial charge in [-0.2, -0.15) is 0 Å². The van der Waals surface area contributed by atoms with Crippen LogP contribution in [0.2, 0.25) is 5.02 Å². The van der Waals surface area contributed by atoms with Crippen molar-refractivity contribution in [3.8, 4) is 5.75 Å². The van der Waals surface area contributed by atoms with Crippen molar-refractivity contribution in [2.75, 3.05) is 7.11 Å². The number of benzene rings is 1. The van der Waals surface area contributed by atoms with Gasteiger partial charge in [-0.25, -0.2) is 0 Å². The summed E-state index contributed by atoms with van der Waals surface area (Å²) in [7, 11) is 1.50. The fraction of sp³-hybridized carbons (Fsp3) is 0.300. The van der Waals surface area contributed by atoms with Gasteiger partial charge in [0.2, 0.25) is 0 Å². The van der Waals surface area contributed by atoms with Crippen molar-refractivity contribution in [1.29, 1.82) is 0 Å². The highest BCUT2D eigenvalue weighted by atomic mass is 35.5. The molecule has 3 nitrogen and oxygen atoms in total. The summed E-state index contributed by atoms with van der Waals surface area (Å²) in [6.07, 6.45) is 0. The molecule has 0 bridgehead atoms. The number of hydrogen-bond donors (Lipinski definition) is 1. The monoisotopic (exact) mass is 214 g/mol. The van der Waals surface area contributed by atoms with Gasteiger partial charge in [0.1, 0.15) is 5.75 Å². The Hall–Kier alpha value is -1.22. The van der Waals surface area contributed by atoms with Gasteiger partial charge < -0.3 is 9.84 Å². The first-order valence-electron chi connectivity index (χ1n) is 4.12. The van der Waals surface area contributed by atoms with E-state index in [1.54, 1.807) is 25.1 Å². The van der Waals surface area contributed by atoms with Gasteiger partial charge in [-0.1, -0.05) is 17.7 Å². The van der Waals surface area contributed by atoms with Gasteiger partial charge in [0, 0.05) is 0 Å². The SMILES string of the molecule is COc1cc(C(C)C(=O)O)ccc1Cl. The molecule has 0 saturated carbocycles. The summed E-state index contributed by atoms with van der Waals surface area (Å²) >= 11 is 5.81. The molecule has 0 aromatic heterocycles. The maximum Gasteiger partial charge on any atom is 0.310 e. The van der Waals surface area contributed by atoms with Crippen molar-refractivity contribution >= 4 is 17.6 Å². The van der Waals surface area contributed by atoms with Gasteiger partial charge in [-0.3, -0.25) is 4.79 Å². The molecule has 1 rings (SSSR count). The molecule has 1 atom stereocenters. The Morgan fingerprint density at radius 3 is 2.71 bits per heavy atom. The van der Waals surface area contributed by atoms with Crippen molar-refractivity contribution in [1.82, 2.24) is 0 Å². The molecule has 1 unspecified atom stereocenters. The van der Waals surface area contributed by atoms with Crippen molar-refractivity contribution in [3.05, 3.63) is 28.8 Å². The van der Waals surface area contributed by atoms with E-state index in [1.807, 2.05) is 0 Å². The number of carboxylic acids is 1. The Kier molecular flexibility index (Phi) is 3.36. The number of aliphatic carboxylic acids is 1. The summed E-state index contributed by atoms with van der Waals surface area (Å²) < 4.78 is 4.99. The molecule has 1 aromatic carbocycles. The van der Waals surface area contributed by atoms with Crippen LogP contribution in [0.25, 0.3) is 0 Å². The number of rotatable bonds is 3. The third kappa shape index (κ3) is 2.17. The topological polar surface area (TPSA) is 46.5 Å². The fourth-order valence-electron chi connectivity index (χ4n) is 1.09. The molecular formula is C10H11ClO3. The maximum absolute atomic E-state index is 10.7. The van der Waals surface area contributed by atoms with Gasteiger partial charge in [0.05, 0.1) is 18.1 Å². The zero-order chi connectivity index (χ0) is 10.7. The lowest BCUT2D eigenvalue weighted by atomic mass is 10.0. The van der Waals surface area contributed by atoms with E-state index in [0.29, 0.717) is 16.3 Å². The fourth-order valence-corrected chi connectivity index (χ4v) is 1.28. The van der Waals surface area contributed by atoms with Gasteiger partial charge >= 0.3 is 5.97 Å². The molecule has 76 valence electrons. The molecular weight excluding hydrogens is 204 g/mol. The summed E-state index contributed by atoms with van der Waals surface area (Å²) in [6.45, 7) is 1.62. The zero-order valence-electron chi connectivity index (χ0n) is 7.95. The highest BCUT2D eigenvalue weighted by Crippen LogP contribution is 2.28. The molecule has 0 radical (unpaired) electrons. The van der Waals surface area contributed by atoms with E-state index in [9.17, 15) is 4.79 Å². The smallest absolute Gasteiger partial charge is 0.310 e. The molecule has 1 aromatic rings. The summed E-state index contributed by atoms with van der Waals surface area (Å²) in [6, 6.07) is 4.96. The lowest BCUT2D eigenvalue weighted by Crippen LogP contribution is -2.07. The minimum Gasteiger partial charge on any atom is -0.495 e. The Morgan fingerprint density at radius 1 is 1.57 bits per heavy atom. The standard InChI is InChI=1S/C10H11ClO3/c1-6(10(12)13)7-3-4-8(11)9(5-7)14-2/h3-6H,1-2H3,(H,12,13). The largest absolute Gasteiger partial charge is 0.495 e. The van der Waals surface area contributed by atoms with Gasteiger partial charge in [-0.05, 0) is 24.6 Å². The van der Waals surface area contributed by atoms with Gasteiger partial charge in [-0.15, -0.1) is 0 Å². The number of carboxylic acid groups (broad SMARTS) is 1. The van der Waals surface area contributed by atoms with Gasteiger partial charge in [0.25, 0.3) is 0 Å². The molecule has 0 aliphatic heterocycles. The summed E-state index contributed by atoms with van der Waals surface area (Å²) in [4.78, 5) is 10.7. The Balaban J connectivity index is 3.06. The highest BCUT2D eigenvalue weighted by molar-refractivity contribution is 6.32. The summed E-state index contributed by atoms with van der Waals surface area (Å²) in [5.74, 6) is -0.923. The lowest BCUT2D eigenvalue weighted by molar-refractivity contribution is -0.138. The molecule has 1 N–H and O–H groups in total. The van der Waals surface area contributed by atoms with Crippen LogP contribution in [0.5, 0.6) is 5.75 Å². The first-order valence-corrected chi connectivity index (χ1v) is 4.50. The molecule has 0 fully saturated rings. The van der Waals surface area contributed by atoms with Crippen LogP contribution < -0.4 is 4.74 Å². The Bertz CT molecular complexity index is 349. The first kappa shape index (κ1) is 10.9. The van der Waals surface area contributed by atoms with Crippen LogP contribution >= 0.6 is 11.6 Å². The van der Waals surface area contributed by atoms with Crippen LogP contribution in [0.1, 0.15) is 18.4 Å². The third-order valence-electron chi connectivity index (χ3n) is 2.05. The van der Waals surface area contributed by atoms with Crippen molar-refractivity contribution < 1.29 is 14.6 Å². The van der Waals surface area contributed by atoms with Crippen molar-refractivity contribution in [2.24, 2.45) is 0 Å². The van der Waals surface area contributed by atoms with E-state index in [-0.39, 0.29) is 0 Å². The van der Waals surface area contributed by atoms with E-state index < -0.39 is 11.9 Å². The van der Waals surface area contributed by atoms with E-state index in [4.69, 9.17) is 21.4 Å². The Labute approximate surface area is 87.3 Å². The predicted octanol–water partition coefficient (Wildman–Crippen LogP) is 2.54. The van der Waals surface area contributed by atoms with Crippen molar-refractivity contribution in [3.63, 3.8) is 0 Å². The first-order chi connectivity index (χ1) is 6.56. The second-order valence-corrected chi connectivity index (χ2v) is 3.36. The predicted molar refractivity (Wildman–Crippen MR) is 54.1 cm³/mol. The maximum atomic E-state index is 10.7. The molecule has 4 heteroatoms. The zero-order valence-corrected chi connectivity index (χ0v) is 8.71. The molecule has 0 aliphatic carbocycles. The minimum absolute atomic E-state index is 0.480. The average Bonchev–Trinajstić information content (AvgIpc) is 2.17. The number of hydrogen-bond acceptors (Lipinski definition) is 2. The third-order valence-corrected chi connectivity index (χ3v) is 2.36. The number of carbonyl (C=O) groups is 1.